The highest BCUT2D eigenvalue weighted by Gasteiger charge is 2.56. The number of unbranched alkanes of at least 4 members (excludes halogenated alkanes) is 1. The SMILES string of the molecule is C=C(O)CCCCOc1ccccc1C1=CCN(C(=O)[C@]2(Oc3csc(C(F)(F)F)c3)CCCN(C(=O)c3ncccc3C(F)(F)F)[C@@H]2CCC)CC1. The number of nitrogens with zero attached hydrogens (tertiary/aromatic N) is 3. The Balaban J connectivity index is 1.47. The van der Waals surface area contributed by atoms with Crippen molar-refractivity contribution in [2.24, 2.45) is 0 Å². The Morgan fingerprint density at radius 1 is 1.08 bits per heavy atom. The first-order valence-corrected chi connectivity index (χ1v) is 18.3. The number of benzene rings is 1. The van der Waals surface area contributed by atoms with E-state index in [4.69, 9.17) is 9.47 Å². The van der Waals surface area contributed by atoms with Crippen LogP contribution < -0.4 is 9.47 Å². The van der Waals surface area contributed by atoms with E-state index in [9.17, 15) is 41.0 Å². The second-order valence-electron chi connectivity index (χ2n) is 13.0. The van der Waals surface area contributed by atoms with E-state index in [1.807, 2.05) is 30.3 Å². The molecule has 0 unspecified atom stereocenters. The van der Waals surface area contributed by atoms with Gasteiger partial charge in [-0.2, -0.15) is 26.3 Å². The number of hydrogen-bond acceptors (Lipinski definition) is 7. The first kappa shape index (κ1) is 39.7. The summed E-state index contributed by atoms with van der Waals surface area (Å²) in [7, 11) is 0. The standard InChI is InChI=1S/C38H41F6N3O5S/c1-3-10-31-36(52-27-23-32(53-24-27)38(42,43)44,17-9-19-47(31)34(49)33-29(37(39,40)41)13-8-18-45-33)35(50)46-20-15-26(16-21-46)28-12-4-5-14-30(28)51-22-7-6-11-25(2)48/h4-5,8,12-15,18,23-24,31,48H,2-3,6-7,9-11,16-17,19-22H2,1H3/t31-,36+/m1/s1. The zero-order valence-electron chi connectivity index (χ0n) is 29.1. The normalized spacial score (nSPS) is 19.5. The predicted molar refractivity (Wildman–Crippen MR) is 188 cm³/mol. The summed E-state index contributed by atoms with van der Waals surface area (Å²) < 4.78 is 95.4. The number of likely N-dealkylation sites (tertiary alicyclic amines) is 1. The molecule has 1 saturated heterocycles. The molecular formula is C38H41F6N3O5S. The highest BCUT2D eigenvalue weighted by atomic mass is 32.1. The molecule has 2 aliphatic heterocycles. The average Bonchev–Trinajstić information content (AvgIpc) is 3.61. The van der Waals surface area contributed by atoms with Crippen LogP contribution in [0.15, 0.2) is 72.5 Å². The Labute approximate surface area is 307 Å². The zero-order valence-corrected chi connectivity index (χ0v) is 30.0. The largest absolute Gasteiger partial charge is 0.513 e. The fraction of sp³-hybridized carbons (Fsp3) is 0.447. The van der Waals surface area contributed by atoms with E-state index in [2.05, 4.69) is 11.6 Å². The molecular weight excluding hydrogens is 724 g/mol. The van der Waals surface area contributed by atoms with Crippen molar-refractivity contribution in [1.29, 1.82) is 0 Å². The van der Waals surface area contributed by atoms with Gasteiger partial charge < -0.3 is 24.4 Å². The van der Waals surface area contributed by atoms with E-state index < -0.39 is 51.9 Å². The number of halogens is 6. The minimum Gasteiger partial charge on any atom is -0.513 e. The third-order valence-corrected chi connectivity index (χ3v) is 10.3. The third kappa shape index (κ3) is 9.17. The fourth-order valence-electron chi connectivity index (χ4n) is 6.91. The van der Waals surface area contributed by atoms with Crippen LogP contribution in [0.25, 0.3) is 5.57 Å². The van der Waals surface area contributed by atoms with Crippen LogP contribution in [0.1, 0.15) is 84.8 Å². The number of alkyl halides is 6. The lowest BCUT2D eigenvalue weighted by molar-refractivity contribution is -0.159. The molecule has 0 saturated carbocycles. The monoisotopic (exact) mass is 765 g/mol. The molecule has 8 nitrogen and oxygen atoms in total. The number of carbonyl (C=O) groups excluding carboxylic acids is 2. The number of carbonyl (C=O) groups is 2. The molecule has 0 aliphatic carbocycles. The zero-order chi connectivity index (χ0) is 38.4. The number of amides is 2. The maximum atomic E-state index is 14.8. The minimum atomic E-state index is -4.89. The quantitative estimate of drug-likeness (QED) is 0.106. The second kappa shape index (κ2) is 16.6. The fourth-order valence-corrected chi connectivity index (χ4v) is 7.59. The summed E-state index contributed by atoms with van der Waals surface area (Å²) in [5.74, 6) is -1.07. The molecule has 1 N–H and O–H groups in total. The smallest absolute Gasteiger partial charge is 0.425 e. The number of piperidine rings is 1. The van der Waals surface area contributed by atoms with E-state index in [1.165, 1.54) is 9.80 Å². The molecule has 4 heterocycles. The molecule has 2 aliphatic rings. The Bertz CT molecular complexity index is 1810. The topological polar surface area (TPSA) is 92.2 Å². The summed E-state index contributed by atoms with van der Waals surface area (Å²) in [4.78, 5) is 34.4. The van der Waals surface area contributed by atoms with Crippen molar-refractivity contribution in [3.05, 3.63) is 94.2 Å². The molecule has 3 aromatic rings. The van der Waals surface area contributed by atoms with Crippen LogP contribution in [-0.4, -0.2) is 69.6 Å². The Morgan fingerprint density at radius 2 is 1.85 bits per heavy atom. The summed E-state index contributed by atoms with van der Waals surface area (Å²) in [5.41, 5.74) is -2.22. The molecule has 0 spiro atoms. The molecule has 0 bridgehead atoms. The van der Waals surface area contributed by atoms with Gasteiger partial charge in [0.05, 0.1) is 24.0 Å². The van der Waals surface area contributed by atoms with Crippen LogP contribution in [0.3, 0.4) is 0 Å². The van der Waals surface area contributed by atoms with Crippen molar-refractivity contribution in [1.82, 2.24) is 14.8 Å². The molecule has 53 heavy (non-hydrogen) atoms. The molecule has 1 fully saturated rings. The number of aliphatic hydroxyl groups excluding tert-OH is 1. The molecule has 2 amide bonds. The summed E-state index contributed by atoms with van der Waals surface area (Å²) in [6, 6.07) is 8.96. The minimum absolute atomic E-state index is 0.0111. The van der Waals surface area contributed by atoms with Crippen molar-refractivity contribution < 1.29 is 50.5 Å². The summed E-state index contributed by atoms with van der Waals surface area (Å²) in [6.07, 6.45) is -3.69. The highest BCUT2D eigenvalue weighted by molar-refractivity contribution is 7.10. The molecule has 2 aromatic heterocycles. The molecule has 286 valence electrons. The van der Waals surface area contributed by atoms with Gasteiger partial charge in [0, 0.05) is 55.7 Å². The van der Waals surface area contributed by atoms with Crippen LogP contribution in [-0.2, 0) is 17.1 Å². The van der Waals surface area contributed by atoms with Crippen LogP contribution >= 0.6 is 11.3 Å². The number of aliphatic hydroxyl groups is 1. The van der Waals surface area contributed by atoms with E-state index in [-0.39, 0.29) is 50.4 Å². The van der Waals surface area contributed by atoms with Gasteiger partial charge in [-0.15, -0.1) is 11.3 Å². The number of hydrogen-bond donors (Lipinski definition) is 1. The van der Waals surface area contributed by atoms with E-state index in [0.29, 0.717) is 55.8 Å². The summed E-state index contributed by atoms with van der Waals surface area (Å²) in [5, 5.41) is 10.5. The maximum Gasteiger partial charge on any atom is 0.425 e. The number of aromatic nitrogens is 1. The first-order chi connectivity index (χ1) is 25.2. The van der Waals surface area contributed by atoms with Crippen molar-refractivity contribution >= 4 is 28.7 Å². The number of para-hydroxylation sites is 1. The lowest BCUT2D eigenvalue weighted by Crippen LogP contribution is -2.68. The first-order valence-electron chi connectivity index (χ1n) is 17.4. The number of allylic oxidation sites excluding steroid dienone is 1. The van der Waals surface area contributed by atoms with Crippen LogP contribution in [0.4, 0.5) is 26.3 Å². The predicted octanol–water partition coefficient (Wildman–Crippen LogP) is 9.34. The van der Waals surface area contributed by atoms with Crippen molar-refractivity contribution in [2.45, 2.75) is 82.3 Å². The number of ether oxygens (including phenoxy) is 2. The van der Waals surface area contributed by atoms with E-state index >= 15 is 0 Å². The Hall–Kier alpha value is -4.53. The second-order valence-corrected chi connectivity index (χ2v) is 13.9. The molecule has 15 heteroatoms. The summed E-state index contributed by atoms with van der Waals surface area (Å²) >= 11 is 0.396. The van der Waals surface area contributed by atoms with Crippen LogP contribution in [0.5, 0.6) is 11.5 Å². The van der Waals surface area contributed by atoms with E-state index in [0.717, 1.165) is 40.9 Å². The van der Waals surface area contributed by atoms with Crippen molar-refractivity contribution in [2.75, 3.05) is 26.2 Å². The van der Waals surface area contributed by atoms with Crippen molar-refractivity contribution in [3.8, 4) is 11.5 Å². The number of thiophene rings is 1. The average molecular weight is 766 g/mol. The van der Waals surface area contributed by atoms with Crippen LogP contribution in [0.2, 0.25) is 0 Å². The van der Waals surface area contributed by atoms with Gasteiger partial charge in [-0.05, 0) is 55.9 Å². The van der Waals surface area contributed by atoms with Crippen LogP contribution in [0, 0.1) is 0 Å². The van der Waals surface area contributed by atoms with Gasteiger partial charge in [0.2, 0.25) is 5.60 Å². The Kier molecular flexibility index (Phi) is 12.5. The third-order valence-electron chi connectivity index (χ3n) is 9.36. The molecule has 0 radical (unpaired) electrons. The van der Waals surface area contributed by atoms with Gasteiger partial charge in [-0.1, -0.05) is 44.2 Å². The molecule has 5 rings (SSSR count). The van der Waals surface area contributed by atoms with Gasteiger partial charge >= 0.3 is 12.4 Å². The van der Waals surface area contributed by atoms with Gasteiger partial charge in [-0.3, -0.25) is 14.6 Å². The van der Waals surface area contributed by atoms with E-state index in [1.54, 1.807) is 6.92 Å². The molecule has 2 atom stereocenters. The number of rotatable bonds is 13. The molecule has 1 aromatic carbocycles. The highest BCUT2D eigenvalue weighted by Crippen LogP contribution is 2.43. The maximum absolute atomic E-state index is 14.8. The van der Waals surface area contributed by atoms with Crippen molar-refractivity contribution in [3.63, 3.8) is 0 Å². The lowest BCUT2D eigenvalue weighted by atomic mass is 9.79. The number of pyridine rings is 1. The van der Waals surface area contributed by atoms with Gasteiger partial charge in [-0.25, -0.2) is 0 Å². The van der Waals surface area contributed by atoms with Gasteiger partial charge in [0.15, 0.2) is 0 Å². The van der Waals surface area contributed by atoms with Gasteiger partial charge in [0.1, 0.15) is 22.1 Å². The van der Waals surface area contributed by atoms with Gasteiger partial charge in [0.25, 0.3) is 11.8 Å². The Morgan fingerprint density at radius 3 is 2.51 bits per heavy atom. The lowest BCUT2D eigenvalue weighted by Gasteiger charge is -2.50. The summed E-state index contributed by atoms with van der Waals surface area (Å²) in [6.45, 7) is 5.98.